The second kappa shape index (κ2) is 8.31. The van der Waals surface area contributed by atoms with E-state index in [1.54, 1.807) is 13.8 Å². The van der Waals surface area contributed by atoms with Crippen molar-refractivity contribution in [2.45, 2.75) is 63.0 Å². The van der Waals surface area contributed by atoms with Crippen molar-refractivity contribution in [1.82, 2.24) is 0 Å². The summed E-state index contributed by atoms with van der Waals surface area (Å²) in [4.78, 5) is 37.7. The lowest BCUT2D eigenvalue weighted by Gasteiger charge is -2.62. The van der Waals surface area contributed by atoms with Crippen molar-refractivity contribution in [3.63, 3.8) is 0 Å². The number of fused-ring (bicyclic) bond motifs is 5. The van der Waals surface area contributed by atoms with Crippen LogP contribution < -0.4 is 0 Å². The molecule has 0 aliphatic heterocycles. The third kappa shape index (κ3) is 3.26. The van der Waals surface area contributed by atoms with Gasteiger partial charge in [-0.25, -0.2) is 9.18 Å². The minimum absolute atomic E-state index is 0.0764. The summed E-state index contributed by atoms with van der Waals surface area (Å²) in [6.07, 6.45) is 1.34. The van der Waals surface area contributed by atoms with Gasteiger partial charge >= 0.3 is 5.97 Å². The third-order valence-electron chi connectivity index (χ3n) is 9.74. The summed E-state index contributed by atoms with van der Waals surface area (Å²) in [7, 11) is 0. The van der Waals surface area contributed by atoms with E-state index in [1.807, 2.05) is 0 Å². The van der Waals surface area contributed by atoms with Crippen LogP contribution in [0.4, 0.5) is 4.39 Å². The molecule has 0 spiro atoms. The maximum Gasteiger partial charge on any atom is 0.342 e. The monoisotopic (exact) mass is 514 g/mol. The van der Waals surface area contributed by atoms with Gasteiger partial charge in [-0.3, -0.25) is 9.59 Å². The Bertz CT molecular complexity index is 1240. The highest BCUT2D eigenvalue weighted by Crippen LogP contribution is 2.69. The van der Waals surface area contributed by atoms with Crippen LogP contribution in [0.1, 0.15) is 49.9 Å². The fraction of sp³-hybridized carbons (Fsp3) is 0.536. The first kappa shape index (κ1) is 25.8. The van der Waals surface area contributed by atoms with E-state index in [0.717, 1.165) is 0 Å². The minimum Gasteiger partial charge on any atom is -0.507 e. The number of hydrogen-bond acceptors (Lipinski definition) is 8. The van der Waals surface area contributed by atoms with Gasteiger partial charge in [0.2, 0.25) is 5.78 Å². The van der Waals surface area contributed by atoms with Crippen LogP contribution in [0, 0.1) is 22.7 Å². The molecular weight excluding hydrogens is 483 g/mol. The summed E-state index contributed by atoms with van der Waals surface area (Å²) in [5.41, 5.74) is -6.78. The SMILES string of the molecule is C[C@]12C=CC(=O)C=C1CC[C@H]1[C@@H]3C[C@@H](O)[C@](O)(C(=O)COC(=O)c4ccccc4O)[C@@]3(C)C[C@H](O)C12F. The molecule has 4 N–H and O–H groups in total. The second-order valence-electron chi connectivity index (χ2n) is 11.3. The molecule has 0 saturated heterocycles. The molecule has 0 bridgehead atoms. The number of hydrogen-bond donors (Lipinski definition) is 4. The summed E-state index contributed by atoms with van der Waals surface area (Å²) < 4.78 is 22.2. The van der Waals surface area contributed by atoms with Gasteiger partial charge in [-0.15, -0.1) is 0 Å². The van der Waals surface area contributed by atoms with Gasteiger partial charge < -0.3 is 25.2 Å². The number of phenols is 1. The number of phenolic OH excluding ortho intramolecular Hbond substituents is 1. The van der Waals surface area contributed by atoms with Crippen molar-refractivity contribution in [3.05, 3.63) is 53.6 Å². The van der Waals surface area contributed by atoms with Crippen LogP contribution in [-0.2, 0) is 14.3 Å². The second-order valence-corrected chi connectivity index (χ2v) is 11.3. The Morgan fingerprint density at radius 1 is 1.14 bits per heavy atom. The molecule has 37 heavy (non-hydrogen) atoms. The van der Waals surface area contributed by atoms with Crippen molar-refractivity contribution in [1.29, 1.82) is 0 Å². The number of ketones is 2. The van der Waals surface area contributed by atoms with Crippen molar-refractivity contribution >= 4 is 17.5 Å². The molecule has 0 amide bonds. The summed E-state index contributed by atoms with van der Waals surface area (Å²) in [6.45, 7) is 2.34. The Kier molecular flexibility index (Phi) is 5.79. The summed E-state index contributed by atoms with van der Waals surface area (Å²) in [5.74, 6) is -3.98. The first-order valence-electron chi connectivity index (χ1n) is 12.5. The standard InChI is InChI=1S/C28H31FO8/c1-25-10-9-16(30)11-15(25)7-8-18-19-12-21(32)28(36,26(19,2)13-22(33)27(18,25)29)23(34)14-37-24(35)17-5-3-4-6-20(17)31/h3-6,9-11,18-19,21-22,31-33,36H,7-8,12-14H2,1-2H3/t18-,19-,21+,22-,25-,26-,27?,28-/m0/s1. The Morgan fingerprint density at radius 3 is 2.54 bits per heavy atom. The van der Waals surface area contributed by atoms with Crippen LogP contribution in [0.15, 0.2) is 48.1 Å². The molecule has 8 atom stereocenters. The van der Waals surface area contributed by atoms with Gasteiger partial charge in [0.1, 0.15) is 11.3 Å². The highest BCUT2D eigenvalue weighted by atomic mass is 19.1. The molecule has 0 heterocycles. The first-order valence-corrected chi connectivity index (χ1v) is 12.5. The number of aromatic hydroxyl groups is 1. The molecule has 4 aliphatic carbocycles. The van der Waals surface area contributed by atoms with Gasteiger partial charge in [0.15, 0.2) is 23.7 Å². The number of rotatable bonds is 4. The summed E-state index contributed by atoms with van der Waals surface area (Å²) in [5, 5.41) is 43.9. The van der Waals surface area contributed by atoms with Gasteiger partial charge in [-0.2, -0.15) is 0 Å². The number of aliphatic hydroxyl groups is 3. The van der Waals surface area contributed by atoms with Gasteiger partial charge in [-0.05, 0) is 62.8 Å². The smallest absolute Gasteiger partial charge is 0.342 e. The lowest BCUT2D eigenvalue weighted by atomic mass is 9.44. The first-order chi connectivity index (χ1) is 17.3. The third-order valence-corrected chi connectivity index (χ3v) is 9.74. The van der Waals surface area contributed by atoms with Crippen molar-refractivity contribution in [2.75, 3.05) is 6.61 Å². The number of ether oxygens (including phenoxy) is 1. The maximum atomic E-state index is 17.1. The van der Waals surface area contributed by atoms with Crippen LogP contribution >= 0.6 is 0 Å². The van der Waals surface area contributed by atoms with E-state index in [-0.39, 0.29) is 36.4 Å². The molecule has 3 saturated carbocycles. The largest absolute Gasteiger partial charge is 0.507 e. The van der Waals surface area contributed by atoms with Crippen LogP contribution in [0.25, 0.3) is 0 Å². The van der Waals surface area contributed by atoms with Crippen molar-refractivity contribution < 1.29 is 43.9 Å². The summed E-state index contributed by atoms with van der Waals surface area (Å²) in [6, 6.07) is 5.62. The fourth-order valence-electron chi connectivity index (χ4n) is 7.69. The highest BCUT2D eigenvalue weighted by Gasteiger charge is 2.76. The quantitative estimate of drug-likeness (QED) is 0.448. The number of para-hydroxylation sites is 1. The molecular formula is C28H31FO8. The van der Waals surface area contributed by atoms with Crippen LogP contribution in [0.5, 0.6) is 5.75 Å². The van der Waals surface area contributed by atoms with Crippen molar-refractivity contribution in [3.8, 4) is 5.75 Å². The van der Waals surface area contributed by atoms with E-state index in [0.29, 0.717) is 12.0 Å². The van der Waals surface area contributed by atoms with Crippen LogP contribution in [0.3, 0.4) is 0 Å². The lowest BCUT2D eigenvalue weighted by molar-refractivity contribution is -0.222. The Morgan fingerprint density at radius 2 is 1.84 bits per heavy atom. The normalized spacial score (nSPS) is 42.3. The predicted molar refractivity (Wildman–Crippen MR) is 128 cm³/mol. The Balaban J connectivity index is 1.44. The topological polar surface area (TPSA) is 141 Å². The molecule has 1 unspecified atom stereocenters. The molecule has 3 fully saturated rings. The molecule has 1 aromatic rings. The molecule has 1 aromatic carbocycles. The zero-order chi connectivity index (χ0) is 27.0. The molecule has 0 aromatic heterocycles. The highest BCUT2D eigenvalue weighted by molar-refractivity contribution is 6.01. The van der Waals surface area contributed by atoms with Gasteiger partial charge in [0.05, 0.1) is 12.2 Å². The number of carbonyl (C=O) groups excluding carboxylic acids is 3. The molecule has 8 nitrogen and oxygen atoms in total. The maximum absolute atomic E-state index is 17.1. The molecule has 0 radical (unpaired) electrons. The number of aliphatic hydroxyl groups excluding tert-OH is 2. The van der Waals surface area contributed by atoms with E-state index in [9.17, 15) is 34.8 Å². The van der Waals surface area contributed by atoms with Gasteiger partial charge in [-0.1, -0.05) is 30.7 Å². The molecule has 9 heteroatoms. The minimum atomic E-state index is -2.39. The molecule has 5 rings (SSSR count). The summed E-state index contributed by atoms with van der Waals surface area (Å²) >= 11 is 0. The molecule has 198 valence electrons. The number of esters is 1. The van der Waals surface area contributed by atoms with E-state index in [2.05, 4.69) is 0 Å². The van der Waals surface area contributed by atoms with E-state index in [1.165, 1.54) is 42.5 Å². The Labute approximate surface area is 213 Å². The fourth-order valence-corrected chi connectivity index (χ4v) is 7.69. The zero-order valence-electron chi connectivity index (χ0n) is 20.7. The zero-order valence-corrected chi connectivity index (χ0v) is 20.7. The van der Waals surface area contributed by atoms with Crippen molar-refractivity contribution in [2.24, 2.45) is 22.7 Å². The van der Waals surface area contributed by atoms with Crippen LogP contribution in [-0.4, -0.2) is 68.0 Å². The number of allylic oxidation sites excluding steroid dienone is 4. The number of carbonyl (C=O) groups is 3. The van der Waals surface area contributed by atoms with Gasteiger partial charge in [0, 0.05) is 16.7 Å². The number of benzene rings is 1. The van der Waals surface area contributed by atoms with Gasteiger partial charge in [0.25, 0.3) is 0 Å². The Hall–Kier alpha value is -2.88. The van der Waals surface area contributed by atoms with E-state index >= 15 is 4.39 Å². The number of halogens is 1. The molecule has 4 aliphatic rings. The van der Waals surface area contributed by atoms with Crippen LogP contribution in [0.2, 0.25) is 0 Å². The predicted octanol–water partition coefficient (Wildman–Crippen LogP) is 2.19. The number of Topliss-reactive ketones (excluding diaryl/α,β-unsaturated/α-hetero) is 1. The lowest BCUT2D eigenvalue weighted by Crippen LogP contribution is -2.69. The van der Waals surface area contributed by atoms with E-state index in [4.69, 9.17) is 4.74 Å². The average Bonchev–Trinajstić information content (AvgIpc) is 3.05. The number of alkyl halides is 1. The average molecular weight is 515 g/mol. The van der Waals surface area contributed by atoms with E-state index < -0.39 is 64.5 Å².